The lowest BCUT2D eigenvalue weighted by atomic mass is 9.59. The summed E-state index contributed by atoms with van der Waals surface area (Å²) in [4.78, 5) is 38.2. The molecule has 5 aromatic rings. The number of nitro groups is 1. The van der Waals surface area contributed by atoms with Crippen molar-refractivity contribution in [3.8, 4) is 17.2 Å². The lowest BCUT2D eigenvalue weighted by Gasteiger charge is -2.56. The van der Waals surface area contributed by atoms with Crippen molar-refractivity contribution in [3.05, 3.63) is 105 Å². The molecule has 3 N–H and O–H groups in total. The van der Waals surface area contributed by atoms with Crippen LogP contribution in [0.15, 0.2) is 82.8 Å². The van der Waals surface area contributed by atoms with Gasteiger partial charge in [-0.15, -0.1) is 11.8 Å². The van der Waals surface area contributed by atoms with Gasteiger partial charge in [0.25, 0.3) is 21.6 Å². The molecule has 67 heavy (non-hydrogen) atoms. The SMILES string of the molecule is CC(C)c1ccccc1[C@H]1CCCN1C1CC2(CCN(c3ccc(C(=O)NS(=O)(=O)c4cc5c(c([N+](=O)[O-])c4)S[C@@H]([C@H]4CC[C@](C)(O)CC4)CO5)c(Oc4cnc5[nH]cc(Cl)c5c4)c3)CC2)C1. The quantitative estimate of drug-likeness (QED) is 0.0843. The number of pyridine rings is 1. The second-order valence-electron chi connectivity index (χ2n) is 20.0. The molecule has 3 aromatic carbocycles. The topological polar surface area (TPSA) is 180 Å². The van der Waals surface area contributed by atoms with Crippen LogP contribution < -0.4 is 19.1 Å². The molecule has 1 spiro atoms. The van der Waals surface area contributed by atoms with Crippen LogP contribution in [0, 0.1) is 21.4 Å². The van der Waals surface area contributed by atoms with Crippen molar-refractivity contribution in [2.24, 2.45) is 11.3 Å². The molecule has 2 aromatic heterocycles. The fourth-order valence-corrected chi connectivity index (χ4v) is 14.0. The molecule has 0 unspecified atom stereocenters. The van der Waals surface area contributed by atoms with Crippen LogP contribution in [-0.2, 0) is 10.0 Å². The van der Waals surface area contributed by atoms with E-state index in [9.17, 15) is 28.4 Å². The van der Waals surface area contributed by atoms with E-state index in [4.69, 9.17) is 21.1 Å². The summed E-state index contributed by atoms with van der Waals surface area (Å²) in [5, 5.41) is 23.8. The number of carbonyl (C=O) groups is 1. The maximum absolute atomic E-state index is 14.1. The van der Waals surface area contributed by atoms with Crippen molar-refractivity contribution in [1.29, 1.82) is 0 Å². The number of nitro benzene ring substituents is 1. The summed E-state index contributed by atoms with van der Waals surface area (Å²) >= 11 is 7.73. The number of fused-ring (bicyclic) bond motifs is 2. The number of anilines is 1. The fourth-order valence-electron chi connectivity index (χ4n) is 11.4. The number of thioether (sulfide) groups is 1. The Bertz CT molecular complexity index is 2830. The number of amides is 1. The van der Waals surface area contributed by atoms with Crippen LogP contribution in [0.3, 0.4) is 0 Å². The van der Waals surface area contributed by atoms with E-state index in [1.807, 2.05) is 6.92 Å². The van der Waals surface area contributed by atoms with Gasteiger partial charge in [0.1, 0.15) is 34.4 Å². The highest BCUT2D eigenvalue weighted by Crippen LogP contribution is 2.55. The van der Waals surface area contributed by atoms with Gasteiger partial charge in [-0.2, -0.15) is 0 Å². The molecule has 0 bridgehead atoms. The first kappa shape index (κ1) is 45.9. The minimum Gasteiger partial charge on any atom is -0.491 e. The second kappa shape index (κ2) is 17.9. The third-order valence-corrected chi connectivity index (χ3v) is 18.3. The second-order valence-corrected chi connectivity index (χ2v) is 23.3. The summed E-state index contributed by atoms with van der Waals surface area (Å²) in [5.74, 6) is 0.145. The smallest absolute Gasteiger partial charge is 0.288 e. The Morgan fingerprint density at radius 2 is 1.82 bits per heavy atom. The Kier molecular flexibility index (Phi) is 12.3. The molecule has 354 valence electrons. The number of aliphatic hydroxyl groups is 1. The number of carbonyl (C=O) groups excluding carboxylic acids is 1. The number of aromatic nitrogens is 2. The van der Waals surface area contributed by atoms with E-state index in [0.717, 1.165) is 57.1 Å². The minimum atomic E-state index is -4.66. The zero-order valence-electron chi connectivity index (χ0n) is 38.0. The Balaban J connectivity index is 0.863. The van der Waals surface area contributed by atoms with Crippen molar-refractivity contribution in [2.75, 3.05) is 31.1 Å². The van der Waals surface area contributed by atoms with E-state index in [-0.39, 0.29) is 50.9 Å². The van der Waals surface area contributed by atoms with Gasteiger partial charge in [-0.3, -0.25) is 19.8 Å². The van der Waals surface area contributed by atoms with Crippen LogP contribution in [-0.4, -0.2) is 82.4 Å². The van der Waals surface area contributed by atoms with Gasteiger partial charge in [-0.1, -0.05) is 49.7 Å². The first-order valence-electron chi connectivity index (χ1n) is 23.5. The summed E-state index contributed by atoms with van der Waals surface area (Å²) in [5.41, 5.74) is 3.40. The van der Waals surface area contributed by atoms with Gasteiger partial charge in [-0.05, 0) is 124 Å². The first-order chi connectivity index (χ1) is 32.1. The Morgan fingerprint density at radius 3 is 2.57 bits per heavy atom. The molecule has 1 amide bonds. The zero-order chi connectivity index (χ0) is 46.8. The van der Waals surface area contributed by atoms with Gasteiger partial charge in [0.2, 0.25) is 0 Å². The minimum absolute atomic E-state index is 0.0596. The molecule has 2 aliphatic carbocycles. The molecule has 17 heteroatoms. The monoisotopic (exact) mass is 968 g/mol. The molecule has 5 heterocycles. The molecule has 3 aliphatic heterocycles. The Labute approximate surface area is 400 Å². The van der Waals surface area contributed by atoms with E-state index >= 15 is 0 Å². The van der Waals surface area contributed by atoms with E-state index in [1.54, 1.807) is 30.5 Å². The summed E-state index contributed by atoms with van der Waals surface area (Å²) < 4.78 is 42.5. The number of nitrogens with zero attached hydrogens (tertiary/aromatic N) is 4. The maximum atomic E-state index is 14.1. The highest BCUT2D eigenvalue weighted by Gasteiger charge is 2.50. The largest absolute Gasteiger partial charge is 0.491 e. The standard InChI is InChI=1S/C50H57ClN6O8S2/c1-30(2)36-7-4-5-8-37(36)41-9-6-18-56(41)33-25-50(26-33)16-19-55(20-17-50)32-10-11-38(43(21-32)65-34-22-39-40(51)28-53-47(39)52-27-34)48(58)54-67(62,63)35-23-42(57(60)61)46-44(24-35)64-29-45(66-46)31-12-14-49(3,59)15-13-31/h4-5,7-8,10-11,21-24,27-28,30-31,33,41,45,59H,6,9,12-20,25-26,29H2,1-3H3,(H,52,53)(H,54,58)/t31-,41-,45-,49-/m1/s1. The van der Waals surface area contributed by atoms with Gasteiger partial charge in [0.15, 0.2) is 0 Å². The maximum Gasteiger partial charge on any atom is 0.288 e. The van der Waals surface area contributed by atoms with Crippen molar-refractivity contribution in [2.45, 2.75) is 124 Å². The van der Waals surface area contributed by atoms with Crippen molar-refractivity contribution >= 4 is 61.7 Å². The number of benzene rings is 3. The number of piperidine rings is 1. The first-order valence-corrected chi connectivity index (χ1v) is 26.2. The van der Waals surface area contributed by atoms with Gasteiger partial charge < -0.3 is 24.5 Å². The average Bonchev–Trinajstić information content (AvgIpc) is 3.94. The van der Waals surface area contributed by atoms with Gasteiger partial charge in [-0.25, -0.2) is 18.1 Å². The number of H-pyrrole nitrogens is 1. The lowest BCUT2D eigenvalue weighted by Crippen LogP contribution is -2.54. The Hall–Kier alpha value is -4.87. The zero-order valence-corrected chi connectivity index (χ0v) is 40.4. The lowest BCUT2D eigenvalue weighted by molar-refractivity contribution is -0.388. The summed E-state index contributed by atoms with van der Waals surface area (Å²) in [6.45, 7) is 9.39. The molecule has 14 nitrogen and oxygen atoms in total. The number of hydrogen-bond donors (Lipinski definition) is 3. The number of likely N-dealkylation sites (tertiary alicyclic amines) is 1. The highest BCUT2D eigenvalue weighted by atomic mass is 35.5. The highest BCUT2D eigenvalue weighted by molar-refractivity contribution is 8.00. The van der Waals surface area contributed by atoms with Crippen molar-refractivity contribution < 1.29 is 32.7 Å². The van der Waals surface area contributed by atoms with Crippen LogP contribution in [0.4, 0.5) is 11.4 Å². The predicted octanol–water partition coefficient (Wildman–Crippen LogP) is 10.5. The van der Waals surface area contributed by atoms with E-state index < -0.39 is 37.0 Å². The number of nitrogens with one attached hydrogen (secondary N) is 2. The molecule has 5 aliphatic rings. The Morgan fingerprint density at radius 1 is 1.06 bits per heavy atom. The number of halogens is 1. The van der Waals surface area contributed by atoms with E-state index in [2.05, 4.69) is 62.6 Å². The number of aromatic amines is 1. The third-order valence-electron chi connectivity index (χ3n) is 15.2. The van der Waals surface area contributed by atoms with Crippen LogP contribution in [0.1, 0.15) is 118 Å². The van der Waals surface area contributed by atoms with Gasteiger partial charge in [0.05, 0.1) is 32.2 Å². The van der Waals surface area contributed by atoms with Gasteiger partial charge >= 0.3 is 0 Å². The number of rotatable bonds is 11. The van der Waals surface area contributed by atoms with E-state index in [0.29, 0.717) is 46.9 Å². The van der Waals surface area contributed by atoms with Crippen molar-refractivity contribution in [1.82, 2.24) is 19.6 Å². The van der Waals surface area contributed by atoms with Crippen LogP contribution in [0.5, 0.6) is 17.2 Å². The molecule has 0 radical (unpaired) electrons. The number of ether oxygens (including phenoxy) is 2. The third kappa shape index (κ3) is 9.11. The summed E-state index contributed by atoms with van der Waals surface area (Å²) in [6.07, 6.45) is 12.7. The van der Waals surface area contributed by atoms with Crippen molar-refractivity contribution in [3.63, 3.8) is 0 Å². The van der Waals surface area contributed by atoms with Crippen LogP contribution >= 0.6 is 23.4 Å². The normalized spacial score (nSPS) is 24.3. The molecule has 10 rings (SSSR count). The fraction of sp³-hybridized carbons (Fsp3) is 0.480. The molecule has 2 atom stereocenters. The number of hydrogen-bond acceptors (Lipinski definition) is 12. The molecule has 2 saturated carbocycles. The summed E-state index contributed by atoms with van der Waals surface area (Å²) in [6, 6.07) is 19.0. The molecule has 2 saturated heterocycles. The predicted molar refractivity (Wildman–Crippen MR) is 259 cm³/mol. The van der Waals surface area contributed by atoms with Gasteiger partial charge in [0, 0.05) is 65.9 Å². The average molecular weight is 970 g/mol. The molecule has 4 fully saturated rings. The number of sulfonamides is 1. The molecular weight excluding hydrogens is 912 g/mol. The summed E-state index contributed by atoms with van der Waals surface area (Å²) in [7, 11) is -4.66. The van der Waals surface area contributed by atoms with Crippen LogP contribution in [0.25, 0.3) is 11.0 Å². The van der Waals surface area contributed by atoms with E-state index in [1.165, 1.54) is 60.8 Å². The van der Waals surface area contributed by atoms with Crippen LogP contribution in [0.2, 0.25) is 5.02 Å². The molecular formula is C50H57ClN6O8S2.